The van der Waals surface area contributed by atoms with Crippen LogP contribution >= 0.6 is 0 Å². The molecule has 2 aromatic carbocycles. The van der Waals surface area contributed by atoms with Crippen molar-refractivity contribution in [1.29, 1.82) is 0 Å². The average molecular weight is 509 g/mol. The molecule has 2 unspecified atom stereocenters. The summed E-state index contributed by atoms with van der Waals surface area (Å²) in [6.07, 6.45) is 1.29. The van der Waals surface area contributed by atoms with E-state index in [0.717, 1.165) is 12.1 Å². The summed E-state index contributed by atoms with van der Waals surface area (Å²) >= 11 is 0. The van der Waals surface area contributed by atoms with Crippen molar-refractivity contribution in [1.82, 2.24) is 0 Å². The fourth-order valence-corrected chi connectivity index (χ4v) is 4.57. The Morgan fingerprint density at radius 1 is 0.611 bits per heavy atom. The first-order chi connectivity index (χ1) is 16.2. The van der Waals surface area contributed by atoms with Gasteiger partial charge in [0.2, 0.25) is 0 Å². The summed E-state index contributed by atoms with van der Waals surface area (Å²) < 4.78 is 64.0. The van der Waals surface area contributed by atoms with Crippen LogP contribution in [0.15, 0.2) is 24.3 Å². The van der Waals surface area contributed by atoms with Crippen molar-refractivity contribution in [3.05, 3.63) is 57.6 Å². The van der Waals surface area contributed by atoms with Crippen molar-refractivity contribution < 1.29 is 17.6 Å². The second kappa shape index (κ2) is 9.90. The molecule has 0 aromatic heterocycles. The Morgan fingerprint density at radius 3 is 1.11 bits per heavy atom. The van der Waals surface area contributed by atoms with Crippen LogP contribution in [-0.2, 0) is 22.7 Å². The van der Waals surface area contributed by atoms with Gasteiger partial charge in [0.25, 0.3) is 0 Å². The molecule has 0 fully saturated rings. The van der Waals surface area contributed by atoms with Crippen LogP contribution in [0.2, 0.25) is 0 Å². The molecule has 0 amide bonds. The molecule has 0 aliphatic carbocycles. The first-order valence-corrected chi connectivity index (χ1v) is 12.9. The summed E-state index contributed by atoms with van der Waals surface area (Å²) in [6, 6.07) is 4.66. The monoisotopic (exact) mass is 508 g/mol. The van der Waals surface area contributed by atoms with Crippen LogP contribution in [0.5, 0.6) is 0 Å². The first-order valence-electron chi connectivity index (χ1n) is 12.9. The molecule has 0 bridgehead atoms. The van der Waals surface area contributed by atoms with Gasteiger partial charge < -0.3 is 11.5 Å². The predicted molar refractivity (Wildman–Crippen MR) is 144 cm³/mol. The minimum absolute atomic E-state index is 0.156. The van der Waals surface area contributed by atoms with E-state index in [2.05, 4.69) is 0 Å². The highest BCUT2D eigenvalue weighted by Gasteiger charge is 2.59. The lowest BCUT2D eigenvalue weighted by Crippen LogP contribution is -2.37. The minimum atomic E-state index is -4.47. The highest BCUT2D eigenvalue weighted by atomic mass is 19.3. The van der Waals surface area contributed by atoms with Crippen molar-refractivity contribution in [3.63, 3.8) is 0 Å². The zero-order valence-electron chi connectivity index (χ0n) is 23.5. The molecule has 2 atom stereocenters. The van der Waals surface area contributed by atoms with Crippen LogP contribution in [0.1, 0.15) is 127 Å². The average Bonchev–Trinajstić information content (AvgIpc) is 2.76. The van der Waals surface area contributed by atoms with Crippen molar-refractivity contribution in [3.8, 4) is 0 Å². The number of alkyl halides is 4. The smallest absolute Gasteiger partial charge is 0.339 e. The van der Waals surface area contributed by atoms with Gasteiger partial charge in [-0.15, -0.1) is 0 Å². The molecule has 6 heteroatoms. The van der Waals surface area contributed by atoms with Gasteiger partial charge >= 0.3 is 11.8 Å². The first kappa shape index (κ1) is 30.0. The van der Waals surface area contributed by atoms with E-state index in [4.69, 9.17) is 11.5 Å². The zero-order valence-corrected chi connectivity index (χ0v) is 23.5. The number of benzene rings is 2. The third-order valence-corrected chi connectivity index (χ3v) is 7.45. The number of rotatable bonds is 7. The predicted octanol–water partition coefficient (Wildman–Crippen LogP) is 9.36. The standard InChI is InChI=1S/C30H44F4N2/c1-11-17(3)21-13-19(15-23(25(21)35)27(5,6)7)29(31,32)30(33,34)20-14-22(18(4)12-2)26(36)24(16-20)28(8,9)10/h13-18H,11-12,35-36H2,1-10H3. The van der Waals surface area contributed by atoms with Gasteiger partial charge in [-0.3, -0.25) is 0 Å². The number of anilines is 2. The molecule has 0 aliphatic rings. The zero-order chi connectivity index (χ0) is 28.0. The van der Waals surface area contributed by atoms with E-state index in [1.54, 1.807) is 0 Å². The molecule has 2 nitrogen and oxygen atoms in total. The fraction of sp³-hybridized carbons (Fsp3) is 0.600. The van der Waals surface area contributed by atoms with Gasteiger partial charge in [-0.1, -0.05) is 69.2 Å². The number of hydrogen-bond acceptors (Lipinski definition) is 2. The van der Waals surface area contributed by atoms with Crippen LogP contribution in [0.3, 0.4) is 0 Å². The quantitative estimate of drug-likeness (QED) is 0.289. The molecule has 36 heavy (non-hydrogen) atoms. The van der Waals surface area contributed by atoms with Crippen molar-refractivity contribution in [2.75, 3.05) is 11.5 Å². The van der Waals surface area contributed by atoms with E-state index in [1.807, 2.05) is 69.2 Å². The van der Waals surface area contributed by atoms with E-state index >= 15 is 17.6 Å². The number of nitrogen functional groups attached to an aromatic ring is 2. The lowest BCUT2D eigenvalue weighted by atomic mass is 9.78. The van der Waals surface area contributed by atoms with Gasteiger partial charge in [-0.05, 0) is 82.0 Å². The highest BCUT2D eigenvalue weighted by molar-refractivity contribution is 5.62. The van der Waals surface area contributed by atoms with Gasteiger partial charge in [0, 0.05) is 22.5 Å². The SMILES string of the molecule is CCC(C)c1cc(C(F)(F)C(F)(F)c2cc(C(C)CC)c(N)c(C(C)(C)C)c2)cc(C(C)(C)C)c1N. The Bertz CT molecular complexity index is 1000. The number of halogens is 4. The van der Waals surface area contributed by atoms with Crippen molar-refractivity contribution in [2.24, 2.45) is 0 Å². The van der Waals surface area contributed by atoms with E-state index in [-0.39, 0.29) is 11.8 Å². The van der Waals surface area contributed by atoms with Gasteiger partial charge in [0.1, 0.15) is 0 Å². The normalized spacial score (nSPS) is 15.2. The maximum atomic E-state index is 16.0. The Labute approximate surface area is 214 Å². The number of hydrogen-bond donors (Lipinski definition) is 2. The summed E-state index contributed by atoms with van der Waals surface area (Å²) in [5.74, 6) is -9.25. The Morgan fingerprint density at radius 2 is 0.889 bits per heavy atom. The van der Waals surface area contributed by atoms with Crippen molar-refractivity contribution in [2.45, 2.75) is 117 Å². The van der Waals surface area contributed by atoms with Gasteiger partial charge in [-0.2, -0.15) is 17.6 Å². The maximum absolute atomic E-state index is 16.0. The van der Waals surface area contributed by atoms with E-state index in [0.29, 0.717) is 46.5 Å². The lowest BCUT2D eigenvalue weighted by molar-refractivity contribution is -0.224. The van der Waals surface area contributed by atoms with E-state index < -0.39 is 33.8 Å². The second-order valence-electron chi connectivity index (χ2n) is 12.3. The molecule has 0 heterocycles. The molecule has 0 radical (unpaired) electrons. The topological polar surface area (TPSA) is 52.0 Å². The number of nitrogens with two attached hydrogens (primary N) is 2. The fourth-order valence-electron chi connectivity index (χ4n) is 4.57. The molecule has 0 spiro atoms. The Balaban J connectivity index is 2.88. The second-order valence-corrected chi connectivity index (χ2v) is 12.3. The van der Waals surface area contributed by atoms with E-state index in [9.17, 15) is 0 Å². The molecule has 202 valence electrons. The molecular weight excluding hydrogens is 464 g/mol. The van der Waals surface area contributed by atoms with Crippen molar-refractivity contribution >= 4 is 11.4 Å². The summed E-state index contributed by atoms with van der Waals surface area (Å²) in [5, 5.41) is 0. The molecule has 2 rings (SSSR count). The van der Waals surface area contributed by atoms with Gasteiger partial charge in [0.05, 0.1) is 0 Å². The minimum Gasteiger partial charge on any atom is -0.398 e. The highest BCUT2D eigenvalue weighted by Crippen LogP contribution is 2.53. The molecule has 4 N–H and O–H groups in total. The Kier molecular flexibility index (Phi) is 8.25. The molecular formula is C30H44F4N2. The lowest BCUT2D eigenvalue weighted by Gasteiger charge is -2.33. The van der Waals surface area contributed by atoms with Gasteiger partial charge in [-0.25, -0.2) is 0 Å². The van der Waals surface area contributed by atoms with Crippen LogP contribution in [0.25, 0.3) is 0 Å². The summed E-state index contributed by atoms with van der Waals surface area (Å²) in [4.78, 5) is 0. The summed E-state index contributed by atoms with van der Waals surface area (Å²) in [7, 11) is 0. The third kappa shape index (κ3) is 5.38. The summed E-state index contributed by atoms with van der Waals surface area (Å²) in [6.45, 7) is 18.6. The van der Waals surface area contributed by atoms with E-state index in [1.165, 1.54) is 12.1 Å². The van der Waals surface area contributed by atoms with Gasteiger partial charge in [0.15, 0.2) is 0 Å². The Hall–Kier alpha value is -2.24. The maximum Gasteiger partial charge on any atom is 0.339 e. The van der Waals surface area contributed by atoms with Crippen LogP contribution in [0, 0.1) is 0 Å². The molecule has 0 aliphatic heterocycles. The molecule has 2 aromatic rings. The molecule has 0 saturated carbocycles. The van der Waals surface area contributed by atoms with Crippen LogP contribution in [-0.4, -0.2) is 0 Å². The third-order valence-electron chi connectivity index (χ3n) is 7.45. The summed E-state index contributed by atoms with van der Waals surface area (Å²) in [5.41, 5.74) is 12.7. The van der Waals surface area contributed by atoms with Crippen LogP contribution < -0.4 is 11.5 Å². The van der Waals surface area contributed by atoms with Crippen LogP contribution in [0.4, 0.5) is 28.9 Å². The molecule has 0 saturated heterocycles. The largest absolute Gasteiger partial charge is 0.398 e.